The van der Waals surface area contributed by atoms with E-state index in [1.165, 1.54) is 27.8 Å². The monoisotopic (exact) mass is 414 g/mol. The Morgan fingerprint density at radius 2 is 1.60 bits per heavy atom. The molecule has 30 heavy (non-hydrogen) atoms. The van der Waals surface area contributed by atoms with Gasteiger partial charge in [-0.05, 0) is 31.0 Å². The summed E-state index contributed by atoms with van der Waals surface area (Å²) in [5.41, 5.74) is 0.711. The largest absolute Gasteiger partial charge is 0.415 e. The number of nitrogens with zero attached hydrogens (tertiary/aromatic N) is 4. The van der Waals surface area contributed by atoms with E-state index < -0.39 is 12.3 Å². The first kappa shape index (κ1) is 19.6. The maximum absolute atomic E-state index is 12.5. The summed E-state index contributed by atoms with van der Waals surface area (Å²) >= 11 is 0. The number of amides is 2. The zero-order valence-corrected chi connectivity index (χ0v) is 15.6. The molecule has 0 saturated carbocycles. The molecule has 3 heterocycles. The topological polar surface area (TPSA) is 98.3 Å². The number of unbranched alkanes of at least 4 members (excludes halogenated alkanes) is 1. The van der Waals surface area contributed by atoms with Crippen LogP contribution in [0.4, 0.5) is 8.78 Å². The molecule has 2 aromatic heterocycles. The van der Waals surface area contributed by atoms with Crippen molar-refractivity contribution in [2.75, 3.05) is 6.54 Å². The van der Waals surface area contributed by atoms with Gasteiger partial charge in [0.25, 0.3) is 23.3 Å². The van der Waals surface area contributed by atoms with Crippen LogP contribution in [0.3, 0.4) is 0 Å². The van der Waals surface area contributed by atoms with E-state index in [0.29, 0.717) is 30.5 Å². The zero-order chi connectivity index (χ0) is 21.3. The summed E-state index contributed by atoms with van der Waals surface area (Å²) in [4.78, 5) is 38.1. The van der Waals surface area contributed by atoms with E-state index in [4.69, 9.17) is 4.42 Å². The second-order valence-corrected chi connectivity index (χ2v) is 6.71. The number of aryl methyl sites for hydroxylation is 1. The molecule has 1 aliphatic rings. The van der Waals surface area contributed by atoms with Crippen molar-refractivity contribution in [2.24, 2.45) is 0 Å². The van der Waals surface area contributed by atoms with Crippen LogP contribution in [-0.2, 0) is 6.54 Å². The van der Waals surface area contributed by atoms with Gasteiger partial charge in [-0.2, -0.15) is 8.78 Å². The molecule has 0 saturated heterocycles. The lowest BCUT2D eigenvalue weighted by Crippen LogP contribution is -2.31. The molecule has 1 aliphatic heterocycles. The van der Waals surface area contributed by atoms with Crippen LogP contribution in [-0.4, -0.2) is 38.0 Å². The van der Waals surface area contributed by atoms with E-state index in [1.807, 2.05) is 0 Å². The second kappa shape index (κ2) is 7.97. The number of rotatable bonds is 7. The molecular weight excluding hydrogens is 398 g/mol. The van der Waals surface area contributed by atoms with Crippen LogP contribution in [0, 0.1) is 0 Å². The number of carbonyl (C=O) groups is 2. The van der Waals surface area contributed by atoms with Gasteiger partial charge in [0.1, 0.15) is 0 Å². The van der Waals surface area contributed by atoms with E-state index in [-0.39, 0.29) is 35.4 Å². The number of pyridine rings is 1. The fourth-order valence-corrected chi connectivity index (χ4v) is 3.26. The van der Waals surface area contributed by atoms with E-state index >= 15 is 0 Å². The minimum absolute atomic E-state index is 0.153. The highest BCUT2D eigenvalue weighted by Gasteiger charge is 2.34. The number of carbonyl (C=O) groups excluding carboxylic acids is 2. The summed E-state index contributed by atoms with van der Waals surface area (Å²) in [5.74, 6) is -1.57. The predicted molar refractivity (Wildman–Crippen MR) is 100.0 cm³/mol. The number of fused-ring (bicyclic) bond motifs is 1. The van der Waals surface area contributed by atoms with Gasteiger partial charge < -0.3 is 8.98 Å². The van der Waals surface area contributed by atoms with Gasteiger partial charge in [0, 0.05) is 30.9 Å². The van der Waals surface area contributed by atoms with E-state index in [2.05, 4.69) is 10.2 Å². The van der Waals surface area contributed by atoms with Crippen molar-refractivity contribution >= 4 is 11.8 Å². The number of aromatic nitrogens is 3. The van der Waals surface area contributed by atoms with Crippen LogP contribution in [0.15, 0.2) is 51.8 Å². The maximum atomic E-state index is 12.5. The number of hydrogen-bond donors (Lipinski definition) is 0. The molecule has 0 radical (unpaired) electrons. The predicted octanol–water partition coefficient (Wildman–Crippen LogP) is 2.91. The van der Waals surface area contributed by atoms with Crippen molar-refractivity contribution in [1.29, 1.82) is 0 Å². The van der Waals surface area contributed by atoms with Gasteiger partial charge in [-0.1, -0.05) is 12.1 Å². The number of hydrogen-bond acceptors (Lipinski definition) is 6. The minimum Gasteiger partial charge on any atom is -0.415 e. The number of benzene rings is 1. The summed E-state index contributed by atoms with van der Waals surface area (Å²) in [7, 11) is 0. The molecule has 0 fully saturated rings. The molecule has 0 unspecified atom stereocenters. The number of imide groups is 1. The molecule has 2 amide bonds. The zero-order valence-electron chi connectivity index (χ0n) is 15.6. The van der Waals surface area contributed by atoms with Gasteiger partial charge in [-0.3, -0.25) is 19.3 Å². The van der Waals surface area contributed by atoms with Gasteiger partial charge >= 0.3 is 6.43 Å². The van der Waals surface area contributed by atoms with Gasteiger partial charge in [0.15, 0.2) is 0 Å². The second-order valence-electron chi connectivity index (χ2n) is 6.71. The Hall–Kier alpha value is -3.69. The van der Waals surface area contributed by atoms with Crippen molar-refractivity contribution in [3.8, 4) is 11.5 Å². The van der Waals surface area contributed by atoms with E-state index in [0.717, 1.165) is 0 Å². The quantitative estimate of drug-likeness (QED) is 0.436. The fraction of sp³-hybridized carbons (Fsp3) is 0.250. The molecule has 8 nitrogen and oxygen atoms in total. The number of halogens is 2. The fourth-order valence-electron chi connectivity index (χ4n) is 3.26. The van der Waals surface area contributed by atoms with Crippen molar-refractivity contribution in [3.05, 3.63) is 70.0 Å². The summed E-state index contributed by atoms with van der Waals surface area (Å²) < 4.78 is 31.4. The Labute approximate surface area is 168 Å². The highest BCUT2D eigenvalue weighted by Crippen LogP contribution is 2.23. The molecule has 0 N–H and O–H groups in total. The Morgan fingerprint density at radius 3 is 2.20 bits per heavy atom. The molecule has 1 aromatic carbocycles. The lowest BCUT2D eigenvalue weighted by molar-refractivity contribution is 0.0651. The third-order valence-electron chi connectivity index (χ3n) is 4.78. The molecule has 0 spiro atoms. The SMILES string of the molecule is O=C1c2ccccc2C(=O)N1CCCCn1ccc(-c2nnc(C(F)F)o2)cc1=O. The van der Waals surface area contributed by atoms with Gasteiger partial charge in [0.05, 0.1) is 11.1 Å². The Bertz CT molecular complexity index is 1140. The summed E-state index contributed by atoms with van der Waals surface area (Å²) in [5, 5.41) is 6.75. The van der Waals surface area contributed by atoms with Crippen LogP contribution in [0.1, 0.15) is 45.9 Å². The molecular formula is C20H16F2N4O4. The van der Waals surface area contributed by atoms with Gasteiger partial charge in [-0.25, -0.2) is 0 Å². The van der Waals surface area contributed by atoms with Crippen molar-refractivity contribution in [3.63, 3.8) is 0 Å². The minimum atomic E-state index is -2.88. The molecule has 4 rings (SSSR count). The molecule has 3 aromatic rings. The summed E-state index contributed by atoms with van der Waals surface area (Å²) in [6.07, 6.45) is -0.288. The Balaban J connectivity index is 1.34. The maximum Gasteiger partial charge on any atom is 0.314 e. The first-order valence-corrected chi connectivity index (χ1v) is 9.23. The molecule has 0 bridgehead atoms. The Morgan fingerprint density at radius 1 is 0.933 bits per heavy atom. The third kappa shape index (κ3) is 3.63. The Kier molecular flexibility index (Phi) is 5.21. The molecule has 0 atom stereocenters. The van der Waals surface area contributed by atoms with Crippen molar-refractivity contribution < 1.29 is 22.8 Å². The first-order chi connectivity index (χ1) is 14.5. The lowest BCUT2D eigenvalue weighted by atomic mass is 10.1. The van der Waals surface area contributed by atoms with Gasteiger partial charge in [-0.15, -0.1) is 10.2 Å². The lowest BCUT2D eigenvalue weighted by Gasteiger charge is -2.13. The molecule has 154 valence electrons. The summed E-state index contributed by atoms with van der Waals surface area (Å²) in [6, 6.07) is 9.44. The summed E-state index contributed by atoms with van der Waals surface area (Å²) in [6.45, 7) is 0.631. The average molecular weight is 414 g/mol. The van der Waals surface area contributed by atoms with Crippen LogP contribution in [0.5, 0.6) is 0 Å². The van der Waals surface area contributed by atoms with Gasteiger partial charge in [0.2, 0.25) is 5.89 Å². The normalized spacial score (nSPS) is 13.4. The molecule has 10 heteroatoms. The van der Waals surface area contributed by atoms with Crippen LogP contribution < -0.4 is 5.56 Å². The smallest absolute Gasteiger partial charge is 0.314 e. The molecule has 0 aliphatic carbocycles. The van der Waals surface area contributed by atoms with Crippen LogP contribution >= 0.6 is 0 Å². The van der Waals surface area contributed by atoms with E-state index in [9.17, 15) is 23.2 Å². The average Bonchev–Trinajstić information content (AvgIpc) is 3.32. The van der Waals surface area contributed by atoms with Crippen LogP contribution in [0.2, 0.25) is 0 Å². The van der Waals surface area contributed by atoms with Crippen LogP contribution in [0.25, 0.3) is 11.5 Å². The van der Waals surface area contributed by atoms with E-state index in [1.54, 1.807) is 24.3 Å². The first-order valence-electron chi connectivity index (χ1n) is 9.23. The number of alkyl halides is 2. The highest BCUT2D eigenvalue weighted by molar-refractivity contribution is 6.21. The van der Waals surface area contributed by atoms with Crippen molar-refractivity contribution in [1.82, 2.24) is 19.7 Å². The van der Waals surface area contributed by atoms with Crippen molar-refractivity contribution in [2.45, 2.75) is 25.8 Å². The third-order valence-corrected chi connectivity index (χ3v) is 4.78. The standard InChI is InChI=1S/C20H16F2N4O4/c21-16(22)18-24-23-17(30-18)12-7-10-25(15(27)11-12)8-3-4-9-26-19(28)13-5-1-2-6-14(13)20(26)29/h1-2,5-7,10-11,16H,3-4,8-9H2. The highest BCUT2D eigenvalue weighted by atomic mass is 19.3.